The van der Waals surface area contributed by atoms with Crippen LogP contribution in [0.4, 0.5) is 13.2 Å². The van der Waals surface area contributed by atoms with Gasteiger partial charge in [-0.1, -0.05) is 18.2 Å². The van der Waals surface area contributed by atoms with Crippen molar-refractivity contribution in [2.24, 2.45) is 0 Å². The molecule has 0 N–H and O–H groups in total. The van der Waals surface area contributed by atoms with Crippen molar-refractivity contribution >= 4 is 17.1 Å². The van der Waals surface area contributed by atoms with Gasteiger partial charge in [0.25, 0.3) is 0 Å². The van der Waals surface area contributed by atoms with E-state index in [4.69, 9.17) is 0 Å². The lowest BCUT2D eigenvalue weighted by Crippen LogP contribution is -2.13. The Morgan fingerprint density at radius 2 is 1.89 bits per heavy atom. The summed E-state index contributed by atoms with van der Waals surface area (Å²) in [6, 6.07) is 6.44. The second-order valence-electron chi connectivity index (χ2n) is 3.82. The van der Waals surface area contributed by atoms with Crippen LogP contribution in [0.3, 0.4) is 0 Å². The minimum absolute atomic E-state index is 0.300. The fraction of sp³-hybridized carbons (Fsp3) is 0.154. The number of alkyl halides is 3. The number of ketones is 1. The first kappa shape index (κ1) is 12.8. The molecule has 0 saturated carbocycles. The third-order valence-electron chi connectivity index (χ3n) is 2.47. The van der Waals surface area contributed by atoms with E-state index in [1.807, 2.05) is 0 Å². The second-order valence-corrected chi connectivity index (χ2v) is 4.93. The first-order valence-corrected chi connectivity index (χ1v) is 6.03. The first-order valence-electron chi connectivity index (χ1n) is 5.15. The Balaban J connectivity index is 2.49. The van der Waals surface area contributed by atoms with Crippen LogP contribution >= 0.6 is 11.3 Å². The molecule has 1 aromatic heterocycles. The Morgan fingerprint density at radius 1 is 1.22 bits per heavy atom. The van der Waals surface area contributed by atoms with Crippen molar-refractivity contribution in [1.29, 1.82) is 0 Å². The molecule has 2 aromatic rings. The van der Waals surface area contributed by atoms with Crippen molar-refractivity contribution in [2.45, 2.75) is 13.1 Å². The summed E-state index contributed by atoms with van der Waals surface area (Å²) in [5, 5.41) is 1.57. The summed E-state index contributed by atoms with van der Waals surface area (Å²) in [6.07, 6.45) is -4.52. The Labute approximate surface area is 106 Å². The van der Waals surface area contributed by atoms with E-state index in [0.717, 1.165) is 10.9 Å². The molecule has 0 atom stereocenters. The van der Waals surface area contributed by atoms with Gasteiger partial charge < -0.3 is 0 Å². The smallest absolute Gasteiger partial charge is 0.289 e. The zero-order chi connectivity index (χ0) is 13.3. The minimum Gasteiger partial charge on any atom is -0.289 e. The van der Waals surface area contributed by atoms with Gasteiger partial charge in [0.05, 0.1) is 5.56 Å². The van der Waals surface area contributed by atoms with Crippen molar-refractivity contribution in [1.82, 2.24) is 0 Å². The van der Waals surface area contributed by atoms with Gasteiger partial charge in [-0.15, -0.1) is 11.3 Å². The van der Waals surface area contributed by atoms with E-state index in [9.17, 15) is 18.0 Å². The van der Waals surface area contributed by atoms with Crippen LogP contribution in [0.2, 0.25) is 0 Å². The van der Waals surface area contributed by atoms with E-state index >= 15 is 0 Å². The van der Waals surface area contributed by atoms with Crippen molar-refractivity contribution in [2.75, 3.05) is 0 Å². The number of aryl methyl sites for hydroxylation is 1. The molecule has 0 amide bonds. The van der Waals surface area contributed by atoms with Gasteiger partial charge in [-0.2, -0.15) is 13.2 Å². The molecule has 0 spiro atoms. The van der Waals surface area contributed by atoms with Crippen LogP contribution in [0.1, 0.15) is 26.4 Å². The molecule has 1 aromatic carbocycles. The van der Waals surface area contributed by atoms with E-state index in [1.165, 1.54) is 29.5 Å². The molecular weight excluding hydrogens is 261 g/mol. The Bertz CT molecular complexity index is 584. The Morgan fingerprint density at radius 3 is 2.44 bits per heavy atom. The van der Waals surface area contributed by atoms with E-state index < -0.39 is 17.5 Å². The van der Waals surface area contributed by atoms with Crippen LogP contribution < -0.4 is 0 Å². The fourth-order valence-electron chi connectivity index (χ4n) is 1.65. The Kier molecular flexibility index (Phi) is 3.26. The predicted octanol–water partition coefficient (Wildman–Crippen LogP) is 4.31. The van der Waals surface area contributed by atoms with Gasteiger partial charge in [0.2, 0.25) is 0 Å². The molecule has 94 valence electrons. The molecule has 0 aliphatic carbocycles. The topological polar surface area (TPSA) is 17.1 Å². The van der Waals surface area contributed by atoms with Crippen molar-refractivity contribution in [3.63, 3.8) is 0 Å². The number of rotatable bonds is 2. The molecule has 0 unspecified atom stereocenters. The van der Waals surface area contributed by atoms with Gasteiger partial charge >= 0.3 is 6.18 Å². The van der Waals surface area contributed by atoms with Gasteiger partial charge in [-0.05, 0) is 19.1 Å². The summed E-state index contributed by atoms with van der Waals surface area (Å²) >= 11 is 1.34. The quantitative estimate of drug-likeness (QED) is 0.743. The maximum atomic E-state index is 12.8. The highest BCUT2D eigenvalue weighted by molar-refractivity contribution is 7.10. The summed E-state index contributed by atoms with van der Waals surface area (Å²) in [7, 11) is 0. The summed E-state index contributed by atoms with van der Waals surface area (Å²) in [6.45, 7) is 1.80. The Hall–Kier alpha value is -1.62. The van der Waals surface area contributed by atoms with E-state index in [1.54, 1.807) is 18.4 Å². The number of hydrogen-bond acceptors (Lipinski definition) is 2. The minimum atomic E-state index is -4.52. The number of thiophene rings is 1. The maximum Gasteiger partial charge on any atom is 0.417 e. The molecule has 0 aliphatic rings. The van der Waals surface area contributed by atoms with E-state index in [-0.39, 0.29) is 5.56 Å². The monoisotopic (exact) mass is 270 g/mol. The highest BCUT2D eigenvalue weighted by Gasteiger charge is 2.35. The molecule has 5 heteroatoms. The summed E-state index contributed by atoms with van der Waals surface area (Å²) in [5.74, 6) is -0.590. The lowest BCUT2D eigenvalue weighted by atomic mass is 9.99. The molecule has 1 heterocycles. The third kappa shape index (κ3) is 2.46. The standard InChI is InChI=1S/C13H9F3OS/c1-8-6-9(7-18-8)12(17)10-4-2-3-5-11(10)13(14,15)16/h2-7H,1H3. The number of carbonyl (C=O) groups excluding carboxylic acids is 1. The van der Waals surface area contributed by atoms with Crippen LogP contribution in [0, 0.1) is 6.92 Å². The summed E-state index contributed by atoms with van der Waals surface area (Å²) in [5.41, 5.74) is -0.893. The molecule has 0 aliphatic heterocycles. The zero-order valence-corrected chi connectivity index (χ0v) is 10.2. The lowest BCUT2D eigenvalue weighted by molar-refractivity contribution is -0.137. The zero-order valence-electron chi connectivity index (χ0n) is 9.41. The molecule has 1 nitrogen and oxygen atoms in total. The SMILES string of the molecule is Cc1cc(C(=O)c2ccccc2C(F)(F)F)cs1. The van der Waals surface area contributed by atoms with Crippen LogP contribution in [-0.2, 0) is 6.18 Å². The third-order valence-corrected chi connectivity index (χ3v) is 3.33. The van der Waals surface area contributed by atoms with Gasteiger partial charge in [0.15, 0.2) is 5.78 Å². The molecule has 0 bridgehead atoms. The number of benzene rings is 1. The van der Waals surface area contributed by atoms with Crippen LogP contribution in [0.5, 0.6) is 0 Å². The average molecular weight is 270 g/mol. The number of hydrogen-bond donors (Lipinski definition) is 0. The van der Waals surface area contributed by atoms with Crippen LogP contribution in [0.15, 0.2) is 35.7 Å². The van der Waals surface area contributed by atoms with Crippen LogP contribution in [-0.4, -0.2) is 5.78 Å². The molecular formula is C13H9F3OS. The average Bonchev–Trinajstić information content (AvgIpc) is 2.74. The fourth-order valence-corrected chi connectivity index (χ4v) is 2.33. The van der Waals surface area contributed by atoms with Gasteiger partial charge in [-0.3, -0.25) is 4.79 Å². The summed E-state index contributed by atoms with van der Waals surface area (Å²) in [4.78, 5) is 12.9. The van der Waals surface area contributed by atoms with Crippen molar-refractivity contribution < 1.29 is 18.0 Å². The first-order chi connectivity index (χ1) is 8.39. The molecule has 0 saturated heterocycles. The maximum absolute atomic E-state index is 12.8. The van der Waals surface area contributed by atoms with Gasteiger partial charge in [-0.25, -0.2) is 0 Å². The molecule has 18 heavy (non-hydrogen) atoms. The summed E-state index contributed by atoms with van der Waals surface area (Å²) < 4.78 is 38.3. The van der Waals surface area contributed by atoms with E-state index in [2.05, 4.69) is 0 Å². The van der Waals surface area contributed by atoms with Gasteiger partial charge in [0, 0.05) is 21.4 Å². The van der Waals surface area contributed by atoms with Gasteiger partial charge in [0.1, 0.15) is 0 Å². The highest BCUT2D eigenvalue weighted by Crippen LogP contribution is 2.33. The number of halogens is 3. The number of carbonyl (C=O) groups is 1. The van der Waals surface area contributed by atoms with E-state index in [0.29, 0.717) is 5.56 Å². The molecule has 2 rings (SSSR count). The second kappa shape index (κ2) is 4.57. The van der Waals surface area contributed by atoms with Crippen LogP contribution in [0.25, 0.3) is 0 Å². The molecule has 0 fully saturated rings. The predicted molar refractivity (Wildman–Crippen MR) is 63.9 cm³/mol. The normalized spacial score (nSPS) is 11.6. The molecule has 0 radical (unpaired) electrons. The lowest BCUT2D eigenvalue weighted by Gasteiger charge is -2.10. The largest absolute Gasteiger partial charge is 0.417 e. The highest BCUT2D eigenvalue weighted by atomic mass is 32.1. The van der Waals surface area contributed by atoms with Crippen molar-refractivity contribution in [3.05, 3.63) is 57.3 Å². The van der Waals surface area contributed by atoms with Crippen molar-refractivity contribution in [3.8, 4) is 0 Å².